The molecule has 0 radical (unpaired) electrons. The van der Waals surface area contributed by atoms with Crippen LogP contribution in [0.3, 0.4) is 0 Å². The van der Waals surface area contributed by atoms with Gasteiger partial charge in [-0.15, -0.1) is 0 Å². The summed E-state index contributed by atoms with van der Waals surface area (Å²) in [5.74, 6) is -0.0247. The fourth-order valence-electron chi connectivity index (χ4n) is 1.40. The Bertz CT molecular complexity index is 455. The van der Waals surface area contributed by atoms with E-state index in [9.17, 15) is 4.79 Å². The second kappa shape index (κ2) is 6.91. The molecule has 4 nitrogen and oxygen atoms in total. The first-order valence-electron chi connectivity index (χ1n) is 5.58. The largest absolute Gasteiger partial charge is 0.490 e. The molecule has 18 heavy (non-hydrogen) atoms. The van der Waals surface area contributed by atoms with Crippen molar-refractivity contribution >= 4 is 23.6 Å². The minimum absolute atomic E-state index is 0.396. The summed E-state index contributed by atoms with van der Waals surface area (Å²) in [7, 11) is 0. The number of halogens is 1. The monoisotopic (exact) mass is 270 g/mol. The summed E-state index contributed by atoms with van der Waals surface area (Å²) < 4.78 is 10.8. The summed E-state index contributed by atoms with van der Waals surface area (Å²) in [5, 5.41) is 8.98. The minimum Gasteiger partial charge on any atom is -0.490 e. The summed E-state index contributed by atoms with van der Waals surface area (Å²) >= 11 is 6.08. The highest BCUT2D eigenvalue weighted by Crippen LogP contribution is 2.37. The average Bonchev–Trinajstić information content (AvgIpc) is 2.31. The van der Waals surface area contributed by atoms with Crippen molar-refractivity contribution in [2.75, 3.05) is 13.2 Å². The zero-order chi connectivity index (χ0) is 13.5. The summed E-state index contributed by atoms with van der Waals surface area (Å²) in [6.07, 6.45) is 2.49. The molecule has 5 heteroatoms. The lowest BCUT2D eigenvalue weighted by atomic mass is 10.2. The van der Waals surface area contributed by atoms with E-state index < -0.39 is 5.97 Å². The topological polar surface area (TPSA) is 55.8 Å². The molecule has 0 atom stereocenters. The highest BCUT2D eigenvalue weighted by molar-refractivity contribution is 6.32. The van der Waals surface area contributed by atoms with Crippen LogP contribution in [0.1, 0.15) is 19.4 Å². The number of hydrogen-bond acceptors (Lipinski definition) is 3. The van der Waals surface area contributed by atoms with E-state index in [0.29, 0.717) is 35.3 Å². The zero-order valence-corrected chi connectivity index (χ0v) is 11.0. The van der Waals surface area contributed by atoms with Crippen LogP contribution in [0.25, 0.3) is 6.08 Å². The number of carboxylic acid groups (broad SMARTS) is 1. The van der Waals surface area contributed by atoms with Crippen molar-refractivity contribution in [3.05, 3.63) is 28.8 Å². The molecule has 0 saturated heterocycles. The van der Waals surface area contributed by atoms with Gasteiger partial charge < -0.3 is 14.6 Å². The van der Waals surface area contributed by atoms with Gasteiger partial charge in [0.05, 0.1) is 18.2 Å². The molecule has 0 saturated carbocycles. The molecule has 1 rings (SSSR count). The molecule has 0 unspecified atom stereocenters. The van der Waals surface area contributed by atoms with Gasteiger partial charge in [0.15, 0.2) is 11.5 Å². The van der Waals surface area contributed by atoms with E-state index in [-0.39, 0.29) is 0 Å². The van der Waals surface area contributed by atoms with Crippen LogP contribution in [0.4, 0.5) is 0 Å². The lowest BCUT2D eigenvalue weighted by Gasteiger charge is -2.13. The van der Waals surface area contributed by atoms with E-state index in [1.54, 1.807) is 12.1 Å². The quantitative estimate of drug-likeness (QED) is 0.806. The molecule has 0 bridgehead atoms. The van der Waals surface area contributed by atoms with Gasteiger partial charge in [-0.2, -0.15) is 0 Å². The maximum atomic E-state index is 10.5. The molecule has 0 spiro atoms. The number of rotatable bonds is 6. The third-order valence-corrected chi connectivity index (χ3v) is 2.32. The number of ether oxygens (including phenoxy) is 2. The average molecular weight is 271 g/mol. The molecule has 0 fully saturated rings. The van der Waals surface area contributed by atoms with Crippen LogP contribution in [0, 0.1) is 0 Å². The second-order valence-electron chi connectivity index (χ2n) is 3.37. The van der Waals surface area contributed by atoms with Crippen molar-refractivity contribution < 1.29 is 19.4 Å². The van der Waals surface area contributed by atoms with E-state index in [4.69, 9.17) is 26.2 Å². The third kappa shape index (κ3) is 3.96. The molecule has 98 valence electrons. The highest BCUT2D eigenvalue weighted by atomic mass is 35.5. The highest BCUT2D eigenvalue weighted by Gasteiger charge is 2.11. The maximum absolute atomic E-state index is 10.5. The summed E-state index contributed by atoms with van der Waals surface area (Å²) in [5.41, 5.74) is 0.648. The molecular weight excluding hydrogens is 256 g/mol. The van der Waals surface area contributed by atoms with E-state index in [0.717, 1.165) is 6.08 Å². The molecule has 1 N–H and O–H groups in total. The fraction of sp³-hybridized carbons (Fsp3) is 0.308. The van der Waals surface area contributed by atoms with Crippen molar-refractivity contribution in [1.82, 2.24) is 0 Å². The molecular formula is C13H15ClO4. The Morgan fingerprint density at radius 1 is 1.33 bits per heavy atom. The van der Waals surface area contributed by atoms with Crippen molar-refractivity contribution in [1.29, 1.82) is 0 Å². The Hall–Kier alpha value is -1.68. The summed E-state index contributed by atoms with van der Waals surface area (Å²) in [6, 6.07) is 3.33. The molecule has 0 amide bonds. The van der Waals surface area contributed by atoms with Crippen LogP contribution in [-0.4, -0.2) is 24.3 Å². The molecule has 0 heterocycles. The van der Waals surface area contributed by atoms with Crippen molar-refractivity contribution in [2.24, 2.45) is 0 Å². The van der Waals surface area contributed by atoms with Crippen molar-refractivity contribution in [3.63, 3.8) is 0 Å². The van der Waals surface area contributed by atoms with Crippen LogP contribution >= 0.6 is 11.6 Å². The Morgan fingerprint density at radius 2 is 2.00 bits per heavy atom. The van der Waals surface area contributed by atoms with Crippen LogP contribution in [0.2, 0.25) is 5.02 Å². The van der Waals surface area contributed by atoms with Gasteiger partial charge in [-0.25, -0.2) is 4.79 Å². The van der Waals surface area contributed by atoms with Gasteiger partial charge >= 0.3 is 5.97 Å². The Labute approximate surface area is 111 Å². The summed E-state index contributed by atoms with van der Waals surface area (Å²) in [4.78, 5) is 10.5. The SMILES string of the molecule is CCOc1cc(C=CC(=O)O)cc(Cl)c1OCC. The van der Waals surface area contributed by atoms with Crippen LogP contribution in [0.15, 0.2) is 18.2 Å². The molecule has 1 aromatic rings. The molecule has 1 aromatic carbocycles. The normalized spacial score (nSPS) is 10.6. The smallest absolute Gasteiger partial charge is 0.328 e. The minimum atomic E-state index is -1.02. The molecule has 0 aliphatic rings. The standard InChI is InChI=1S/C13H15ClO4/c1-3-17-11-8-9(5-6-12(15)16)7-10(14)13(11)18-4-2/h5-8H,3-4H2,1-2H3,(H,15,16). The van der Waals surface area contributed by atoms with E-state index in [1.165, 1.54) is 6.08 Å². The van der Waals surface area contributed by atoms with Crippen LogP contribution < -0.4 is 9.47 Å². The van der Waals surface area contributed by atoms with Crippen molar-refractivity contribution in [2.45, 2.75) is 13.8 Å². The molecule has 0 aliphatic heterocycles. The summed E-state index contributed by atoms with van der Waals surface area (Å²) in [6.45, 7) is 4.65. The first-order valence-corrected chi connectivity index (χ1v) is 5.96. The maximum Gasteiger partial charge on any atom is 0.328 e. The first kappa shape index (κ1) is 14.4. The Balaban J connectivity index is 3.13. The van der Waals surface area contributed by atoms with E-state index in [2.05, 4.69) is 0 Å². The van der Waals surface area contributed by atoms with E-state index in [1.807, 2.05) is 13.8 Å². The number of aliphatic carboxylic acids is 1. The second-order valence-corrected chi connectivity index (χ2v) is 3.77. The zero-order valence-electron chi connectivity index (χ0n) is 10.3. The van der Waals surface area contributed by atoms with Gasteiger partial charge in [0.2, 0.25) is 0 Å². The van der Waals surface area contributed by atoms with Gasteiger partial charge in [-0.3, -0.25) is 0 Å². The first-order chi connectivity index (χ1) is 8.58. The lowest BCUT2D eigenvalue weighted by Crippen LogP contribution is -1.99. The number of carboxylic acids is 1. The molecule has 0 aromatic heterocycles. The van der Waals surface area contributed by atoms with Gasteiger partial charge in [0.1, 0.15) is 0 Å². The Kier molecular flexibility index (Phi) is 5.52. The van der Waals surface area contributed by atoms with Gasteiger partial charge in [0.25, 0.3) is 0 Å². The lowest BCUT2D eigenvalue weighted by molar-refractivity contribution is -0.131. The number of carbonyl (C=O) groups is 1. The third-order valence-electron chi connectivity index (χ3n) is 2.04. The van der Waals surface area contributed by atoms with Gasteiger partial charge in [-0.05, 0) is 37.6 Å². The van der Waals surface area contributed by atoms with Gasteiger partial charge in [-0.1, -0.05) is 11.6 Å². The Morgan fingerprint density at radius 3 is 2.56 bits per heavy atom. The van der Waals surface area contributed by atoms with E-state index >= 15 is 0 Å². The number of benzene rings is 1. The fourth-order valence-corrected chi connectivity index (χ4v) is 1.67. The predicted molar refractivity (Wildman–Crippen MR) is 70.5 cm³/mol. The molecule has 0 aliphatic carbocycles. The van der Waals surface area contributed by atoms with Gasteiger partial charge in [0, 0.05) is 6.08 Å². The number of hydrogen-bond donors (Lipinski definition) is 1. The van der Waals surface area contributed by atoms with Crippen LogP contribution in [-0.2, 0) is 4.79 Å². The van der Waals surface area contributed by atoms with Crippen LogP contribution in [0.5, 0.6) is 11.5 Å². The van der Waals surface area contributed by atoms with Crippen molar-refractivity contribution in [3.8, 4) is 11.5 Å². The predicted octanol–water partition coefficient (Wildman–Crippen LogP) is 3.24.